The van der Waals surface area contributed by atoms with E-state index in [1.54, 1.807) is 6.20 Å². The number of aryl methyl sites for hydroxylation is 1. The Morgan fingerprint density at radius 2 is 2.12 bits per heavy atom. The SMILES string of the molecule is c1cn(CCCCNCC2CCCC2)nn1. The molecule has 1 aliphatic carbocycles. The fourth-order valence-electron chi connectivity index (χ4n) is 2.40. The Labute approximate surface area is 97.4 Å². The maximum absolute atomic E-state index is 3.94. The molecule has 1 aromatic heterocycles. The number of hydrogen-bond donors (Lipinski definition) is 1. The Balaban J connectivity index is 1.43. The van der Waals surface area contributed by atoms with Crippen LogP contribution in [0.5, 0.6) is 0 Å². The molecule has 1 aliphatic rings. The quantitative estimate of drug-likeness (QED) is 0.716. The van der Waals surface area contributed by atoms with Crippen LogP contribution in [0, 0.1) is 5.92 Å². The molecular weight excluding hydrogens is 200 g/mol. The summed E-state index contributed by atoms with van der Waals surface area (Å²) in [4.78, 5) is 0. The molecule has 1 fully saturated rings. The highest BCUT2D eigenvalue weighted by Gasteiger charge is 2.13. The molecule has 0 saturated heterocycles. The maximum Gasteiger partial charge on any atom is 0.0692 e. The summed E-state index contributed by atoms with van der Waals surface area (Å²) in [5.41, 5.74) is 0. The summed E-state index contributed by atoms with van der Waals surface area (Å²) in [6.45, 7) is 3.36. The van der Waals surface area contributed by atoms with Crippen LogP contribution < -0.4 is 5.32 Å². The van der Waals surface area contributed by atoms with Crippen molar-refractivity contribution in [1.29, 1.82) is 0 Å². The van der Waals surface area contributed by atoms with E-state index in [9.17, 15) is 0 Å². The van der Waals surface area contributed by atoms with E-state index < -0.39 is 0 Å². The Kier molecular flexibility index (Phi) is 4.80. The standard InChI is InChI=1S/C12H22N4/c1-2-6-12(5-1)11-13-7-3-4-9-16-10-8-14-15-16/h8,10,12-13H,1-7,9,11H2. The molecule has 1 heterocycles. The third-order valence-corrected chi connectivity index (χ3v) is 3.37. The minimum absolute atomic E-state index is 0.954. The van der Waals surface area contributed by atoms with E-state index in [0.717, 1.165) is 19.0 Å². The molecule has 0 unspecified atom stereocenters. The lowest BCUT2D eigenvalue weighted by molar-refractivity contribution is 0.469. The van der Waals surface area contributed by atoms with E-state index >= 15 is 0 Å². The summed E-state index contributed by atoms with van der Waals surface area (Å²) in [5.74, 6) is 0.954. The van der Waals surface area contributed by atoms with Crippen LogP contribution in [-0.4, -0.2) is 28.1 Å². The zero-order valence-corrected chi connectivity index (χ0v) is 9.94. The summed E-state index contributed by atoms with van der Waals surface area (Å²) in [7, 11) is 0. The highest BCUT2D eigenvalue weighted by atomic mass is 15.4. The highest BCUT2D eigenvalue weighted by molar-refractivity contribution is 4.69. The van der Waals surface area contributed by atoms with E-state index in [-0.39, 0.29) is 0 Å². The van der Waals surface area contributed by atoms with Crippen LogP contribution in [0.25, 0.3) is 0 Å². The van der Waals surface area contributed by atoms with Crippen LogP contribution in [0.1, 0.15) is 38.5 Å². The first-order chi connectivity index (χ1) is 7.95. The maximum atomic E-state index is 3.94. The summed E-state index contributed by atoms with van der Waals surface area (Å²) in [6.07, 6.45) is 11.8. The van der Waals surface area contributed by atoms with Crippen molar-refractivity contribution in [1.82, 2.24) is 20.3 Å². The van der Waals surface area contributed by atoms with Gasteiger partial charge in [-0.15, -0.1) is 5.10 Å². The normalized spacial score (nSPS) is 17.0. The number of nitrogens with one attached hydrogen (secondary N) is 1. The van der Waals surface area contributed by atoms with Gasteiger partial charge in [0.1, 0.15) is 0 Å². The lowest BCUT2D eigenvalue weighted by Crippen LogP contribution is -2.22. The fourth-order valence-corrected chi connectivity index (χ4v) is 2.40. The molecule has 0 radical (unpaired) electrons. The molecule has 1 aromatic rings. The highest BCUT2D eigenvalue weighted by Crippen LogP contribution is 2.23. The number of hydrogen-bond acceptors (Lipinski definition) is 3. The fraction of sp³-hybridized carbons (Fsp3) is 0.833. The Bertz CT molecular complexity index is 265. The van der Waals surface area contributed by atoms with Crippen molar-refractivity contribution >= 4 is 0 Å². The minimum Gasteiger partial charge on any atom is -0.316 e. The van der Waals surface area contributed by atoms with Crippen LogP contribution in [0.15, 0.2) is 12.4 Å². The molecule has 0 amide bonds. The summed E-state index contributed by atoms with van der Waals surface area (Å²) >= 11 is 0. The molecule has 0 bridgehead atoms. The summed E-state index contributed by atoms with van der Waals surface area (Å²) < 4.78 is 1.90. The average molecular weight is 222 g/mol. The predicted molar refractivity (Wildman–Crippen MR) is 64.1 cm³/mol. The molecule has 16 heavy (non-hydrogen) atoms. The van der Waals surface area contributed by atoms with Gasteiger partial charge in [-0.05, 0) is 44.7 Å². The van der Waals surface area contributed by atoms with Gasteiger partial charge in [0.2, 0.25) is 0 Å². The average Bonchev–Trinajstić information content (AvgIpc) is 2.96. The smallest absolute Gasteiger partial charge is 0.0692 e. The number of unbranched alkanes of at least 4 members (excludes halogenated alkanes) is 1. The van der Waals surface area contributed by atoms with Crippen molar-refractivity contribution in [2.75, 3.05) is 13.1 Å². The largest absolute Gasteiger partial charge is 0.316 e. The molecule has 0 spiro atoms. The first-order valence-corrected chi connectivity index (χ1v) is 6.50. The topological polar surface area (TPSA) is 42.7 Å². The van der Waals surface area contributed by atoms with Gasteiger partial charge in [0, 0.05) is 12.7 Å². The van der Waals surface area contributed by atoms with Crippen LogP contribution in [0.3, 0.4) is 0 Å². The predicted octanol–water partition coefficient (Wildman–Crippen LogP) is 1.84. The second-order valence-corrected chi connectivity index (χ2v) is 4.73. The van der Waals surface area contributed by atoms with Crippen LogP contribution >= 0.6 is 0 Å². The van der Waals surface area contributed by atoms with Gasteiger partial charge >= 0.3 is 0 Å². The minimum atomic E-state index is 0.954. The number of aromatic nitrogens is 3. The van der Waals surface area contributed by atoms with Crippen molar-refractivity contribution in [2.45, 2.75) is 45.1 Å². The Morgan fingerprint density at radius 3 is 2.88 bits per heavy atom. The number of rotatable bonds is 7. The molecule has 1 saturated carbocycles. The van der Waals surface area contributed by atoms with E-state index in [0.29, 0.717) is 0 Å². The van der Waals surface area contributed by atoms with E-state index in [1.165, 1.54) is 45.1 Å². The van der Waals surface area contributed by atoms with Gasteiger partial charge in [0.25, 0.3) is 0 Å². The monoisotopic (exact) mass is 222 g/mol. The molecule has 2 rings (SSSR count). The molecule has 1 N–H and O–H groups in total. The van der Waals surface area contributed by atoms with Crippen molar-refractivity contribution in [2.24, 2.45) is 5.92 Å². The Morgan fingerprint density at radius 1 is 1.25 bits per heavy atom. The lowest BCUT2D eigenvalue weighted by Gasteiger charge is -2.10. The Hall–Kier alpha value is -0.900. The second-order valence-electron chi connectivity index (χ2n) is 4.73. The zero-order chi connectivity index (χ0) is 11.1. The van der Waals surface area contributed by atoms with E-state index in [1.807, 2.05) is 10.9 Å². The third kappa shape index (κ3) is 3.93. The third-order valence-electron chi connectivity index (χ3n) is 3.37. The van der Waals surface area contributed by atoms with E-state index in [4.69, 9.17) is 0 Å². The van der Waals surface area contributed by atoms with Gasteiger partial charge in [0.05, 0.1) is 6.20 Å². The van der Waals surface area contributed by atoms with Crippen LogP contribution in [0.2, 0.25) is 0 Å². The molecular formula is C12H22N4. The molecule has 90 valence electrons. The molecule has 0 aliphatic heterocycles. The van der Waals surface area contributed by atoms with Crippen molar-refractivity contribution in [3.05, 3.63) is 12.4 Å². The molecule has 4 nitrogen and oxygen atoms in total. The summed E-state index contributed by atoms with van der Waals surface area (Å²) in [6, 6.07) is 0. The molecule has 4 heteroatoms. The van der Waals surface area contributed by atoms with Gasteiger partial charge in [-0.25, -0.2) is 0 Å². The van der Waals surface area contributed by atoms with Crippen molar-refractivity contribution < 1.29 is 0 Å². The second kappa shape index (κ2) is 6.63. The van der Waals surface area contributed by atoms with Gasteiger partial charge in [-0.3, -0.25) is 4.68 Å². The van der Waals surface area contributed by atoms with Gasteiger partial charge in [0.15, 0.2) is 0 Å². The number of nitrogens with zero attached hydrogens (tertiary/aromatic N) is 3. The molecule has 0 atom stereocenters. The van der Waals surface area contributed by atoms with E-state index in [2.05, 4.69) is 15.6 Å². The first kappa shape index (κ1) is 11.6. The van der Waals surface area contributed by atoms with Gasteiger partial charge in [-0.1, -0.05) is 18.1 Å². The van der Waals surface area contributed by atoms with Crippen LogP contribution in [0.4, 0.5) is 0 Å². The van der Waals surface area contributed by atoms with Crippen molar-refractivity contribution in [3.63, 3.8) is 0 Å². The van der Waals surface area contributed by atoms with Gasteiger partial charge < -0.3 is 5.32 Å². The first-order valence-electron chi connectivity index (χ1n) is 6.50. The zero-order valence-electron chi connectivity index (χ0n) is 9.94. The lowest BCUT2D eigenvalue weighted by atomic mass is 10.1. The van der Waals surface area contributed by atoms with Crippen molar-refractivity contribution in [3.8, 4) is 0 Å². The summed E-state index contributed by atoms with van der Waals surface area (Å²) in [5, 5.41) is 11.3. The van der Waals surface area contributed by atoms with Gasteiger partial charge in [-0.2, -0.15) is 0 Å². The van der Waals surface area contributed by atoms with Crippen LogP contribution in [-0.2, 0) is 6.54 Å². The molecule has 0 aromatic carbocycles.